The summed E-state index contributed by atoms with van der Waals surface area (Å²) in [5.41, 5.74) is 4.95. The Morgan fingerprint density at radius 1 is 1.15 bits per heavy atom. The quantitative estimate of drug-likeness (QED) is 0.559. The average Bonchev–Trinajstić information content (AvgIpc) is 2.57. The van der Waals surface area contributed by atoms with E-state index in [1.807, 2.05) is 20.8 Å². The summed E-state index contributed by atoms with van der Waals surface area (Å²) in [5.74, 6) is 0. The van der Waals surface area contributed by atoms with Crippen LogP contribution in [0.4, 0.5) is 4.79 Å². The zero-order chi connectivity index (χ0) is 19.4. The van der Waals surface area contributed by atoms with E-state index in [0.717, 1.165) is 45.5 Å². The number of hydrogen-bond donors (Lipinski definition) is 1. The molecule has 0 aromatic rings. The molecule has 1 aliphatic rings. The van der Waals surface area contributed by atoms with E-state index in [-0.39, 0.29) is 12.2 Å². The monoisotopic (exact) mass is 373 g/mol. The second-order valence-electron chi connectivity index (χ2n) is 7.78. The molecule has 1 heterocycles. The largest absolute Gasteiger partial charge is 0.444 e. The molecule has 7 nitrogen and oxygen atoms in total. The van der Waals surface area contributed by atoms with Crippen molar-refractivity contribution in [3.05, 3.63) is 0 Å². The van der Waals surface area contributed by atoms with Crippen molar-refractivity contribution in [2.45, 2.75) is 58.7 Å². The number of rotatable bonds is 11. The fourth-order valence-electron chi connectivity index (χ4n) is 2.90. The summed E-state index contributed by atoms with van der Waals surface area (Å²) >= 11 is 0. The van der Waals surface area contributed by atoms with Crippen LogP contribution in [0.5, 0.6) is 0 Å². The molecule has 1 aliphatic heterocycles. The molecule has 0 aliphatic carbocycles. The first kappa shape index (κ1) is 23.1. The molecule has 0 spiro atoms. The van der Waals surface area contributed by atoms with E-state index in [0.29, 0.717) is 32.8 Å². The number of carbonyl (C=O) groups excluding carboxylic acids is 1. The van der Waals surface area contributed by atoms with Gasteiger partial charge in [-0.25, -0.2) is 4.79 Å². The van der Waals surface area contributed by atoms with Crippen molar-refractivity contribution in [3.8, 4) is 0 Å². The lowest BCUT2D eigenvalue weighted by atomic mass is 10.1. The van der Waals surface area contributed by atoms with Gasteiger partial charge in [-0.3, -0.25) is 0 Å². The molecule has 0 atom stereocenters. The summed E-state index contributed by atoms with van der Waals surface area (Å²) in [6, 6.07) is 0. The summed E-state index contributed by atoms with van der Waals surface area (Å²) in [6.45, 7) is 14.5. The van der Waals surface area contributed by atoms with Crippen LogP contribution in [0.1, 0.15) is 47.0 Å². The molecule has 2 N–H and O–H groups in total. The SMILES string of the molecule is CCCN(CCOC1CCN(CCOCCN)CC1)C(=O)OC(C)(C)C. The number of hydrogen-bond acceptors (Lipinski definition) is 6. The van der Waals surface area contributed by atoms with Gasteiger partial charge >= 0.3 is 6.09 Å². The van der Waals surface area contributed by atoms with Crippen molar-refractivity contribution in [1.82, 2.24) is 9.80 Å². The normalized spacial score (nSPS) is 16.7. The first-order valence-corrected chi connectivity index (χ1v) is 9.95. The molecule has 7 heteroatoms. The first-order valence-electron chi connectivity index (χ1n) is 9.95. The van der Waals surface area contributed by atoms with Crippen LogP contribution in [0.15, 0.2) is 0 Å². The van der Waals surface area contributed by atoms with Crippen molar-refractivity contribution < 1.29 is 19.0 Å². The topological polar surface area (TPSA) is 77.3 Å². The van der Waals surface area contributed by atoms with Crippen molar-refractivity contribution in [2.75, 3.05) is 59.1 Å². The highest BCUT2D eigenvalue weighted by Gasteiger charge is 2.23. The lowest BCUT2D eigenvalue weighted by Crippen LogP contribution is -2.41. The smallest absolute Gasteiger partial charge is 0.410 e. The second-order valence-corrected chi connectivity index (χ2v) is 7.78. The van der Waals surface area contributed by atoms with Crippen molar-refractivity contribution in [2.24, 2.45) is 5.73 Å². The standard InChI is InChI=1S/C19H39N3O4/c1-5-9-22(18(23)26-19(2,3)4)13-16-25-17-6-10-21(11-7-17)12-15-24-14-8-20/h17H,5-16,20H2,1-4H3. The molecule has 1 rings (SSSR count). The number of ether oxygens (including phenoxy) is 3. The van der Waals surface area contributed by atoms with Gasteiger partial charge in [0.15, 0.2) is 0 Å². The summed E-state index contributed by atoms with van der Waals surface area (Å²) in [5, 5.41) is 0. The average molecular weight is 374 g/mol. The summed E-state index contributed by atoms with van der Waals surface area (Å²) in [4.78, 5) is 16.4. The first-order chi connectivity index (χ1) is 12.4. The maximum absolute atomic E-state index is 12.2. The Kier molecular flexibility index (Phi) is 11.1. The number of amides is 1. The zero-order valence-electron chi connectivity index (χ0n) is 17.2. The Morgan fingerprint density at radius 3 is 2.42 bits per heavy atom. The maximum atomic E-state index is 12.2. The van der Waals surface area contributed by atoms with Crippen molar-refractivity contribution in [1.29, 1.82) is 0 Å². The Morgan fingerprint density at radius 2 is 1.85 bits per heavy atom. The van der Waals surface area contributed by atoms with E-state index < -0.39 is 5.60 Å². The molecule has 154 valence electrons. The van der Waals surface area contributed by atoms with Crippen molar-refractivity contribution in [3.63, 3.8) is 0 Å². The second kappa shape index (κ2) is 12.5. The van der Waals surface area contributed by atoms with E-state index >= 15 is 0 Å². The van der Waals surface area contributed by atoms with E-state index in [1.54, 1.807) is 4.90 Å². The highest BCUT2D eigenvalue weighted by atomic mass is 16.6. The van der Waals surface area contributed by atoms with Crippen LogP contribution in [0.25, 0.3) is 0 Å². The van der Waals surface area contributed by atoms with Gasteiger partial charge in [-0.1, -0.05) is 6.92 Å². The third-order valence-corrected chi connectivity index (χ3v) is 4.21. The van der Waals surface area contributed by atoms with Gasteiger partial charge < -0.3 is 29.7 Å². The summed E-state index contributed by atoms with van der Waals surface area (Å²) in [7, 11) is 0. The molecule has 1 fully saturated rings. The van der Waals surface area contributed by atoms with Gasteiger partial charge in [0.1, 0.15) is 5.60 Å². The minimum Gasteiger partial charge on any atom is -0.444 e. The van der Waals surface area contributed by atoms with E-state index in [9.17, 15) is 4.79 Å². The Labute approximate surface area is 159 Å². The minimum absolute atomic E-state index is 0.254. The lowest BCUT2D eigenvalue weighted by Gasteiger charge is -2.32. The minimum atomic E-state index is -0.468. The Hall–Kier alpha value is -0.890. The third kappa shape index (κ3) is 10.3. The molecule has 0 unspecified atom stereocenters. The molecule has 0 saturated carbocycles. The zero-order valence-corrected chi connectivity index (χ0v) is 17.2. The Balaban J connectivity index is 2.22. The highest BCUT2D eigenvalue weighted by Crippen LogP contribution is 2.14. The third-order valence-electron chi connectivity index (χ3n) is 4.21. The number of piperidine rings is 1. The summed E-state index contributed by atoms with van der Waals surface area (Å²) in [6.07, 6.45) is 2.98. The molecular weight excluding hydrogens is 334 g/mol. The van der Waals surface area contributed by atoms with Crippen LogP contribution in [-0.2, 0) is 14.2 Å². The van der Waals surface area contributed by atoms with E-state index in [2.05, 4.69) is 11.8 Å². The molecule has 1 amide bonds. The molecule has 0 aromatic heterocycles. The maximum Gasteiger partial charge on any atom is 0.410 e. The molecular formula is C19H39N3O4. The van der Waals surface area contributed by atoms with Crippen LogP contribution in [-0.4, -0.2) is 86.7 Å². The van der Waals surface area contributed by atoms with Gasteiger partial charge in [-0.05, 0) is 40.0 Å². The fourth-order valence-corrected chi connectivity index (χ4v) is 2.90. The molecule has 1 saturated heterocycles. The van der Waals surface area contributed by atoms with Crippen LogP contribution in [0.3, 0.4) is 0 Å². The van der Waals surface area contributed by atoms with E-state index in [1.165, 1.54) is 0 Å². The molecule has 0 aromatic carbocycles. The molecule has 26 heavy (non-hydrogen) atoms. The number of nitrogens with two attached hydrogens (primary N) is 1. The van der Waals surface area contributed by atoms with Crippen LogP contribution in [0.2, 0.25) is 0 Å². The highest BCUT2D eigenvalue weighted by molar-refractivity contribution is 5.68. The van der Waals surface area contributed by atoms with Gasteiger partial charge in [-0.2, -0.15) is 0 Å². The van der Waals surface area contributed by atoms with Gasteiger partial charge in [0.25, 0.3) is 0 Å². The predicted molar refractivity (Wildman–Crippen MR) is 103 cm³/mol. The lowest BCUT2D eigenvalue weighted by molar-refractivity contribution is -0.0145. The number of carbonyl (C=O) groups is 1. The van der Waals surface area contributed by atoms with Gasteiger partial charge in [-0.15, -0.1) is 0 Å². The Bertz CT molecular complexity index is 379. The van der Waals surface area contributed by atoms with Gasteiger partial charge in [0.05, 0.1) is 25.9 Å². The van der Waals surface area contributed by atoms with Crippen molar-refractivity contribution >= 4 is 6.09 Å². The van der Waals surface area contributed by atoms with Crippen LogP contribution < -0.4 is 5.73 Å². The van der Waals surface area contributed by atoms with Gasteiger partial charge in [0.2, 0.25) is 0 Å². The summed E-state index contributed by atoms with van der Waals surface area (Å²) < 4.78 is 16.9. The van der Waals surface area contributed by atoms with Crippen LogP contribution in [0, 0.1) is 0 Å². The van der Waals surface area contributed by atoms with Crippen LogP contribution >= 0.6 is 0 Å². The fraction of sp³-hybridized carbons (Fsp3) is 0.947. The number of likely N-dealkylation sites (tertiary alicyclic amines) is 1. The van der Waals surface area contributed by atoms with Gasteiger partial charge in [0, 0.05) is 39.3 Å². The number of nitrogens with zero attached hydrogens (tertiary/aromatic N) is 2. The van der Waals surface area contributed by atoms with E-state index in [4.69, 9.17) is 19.9 Å². The molecule has 0 radical (unpaired) electrons. The molecule has 0 bridgehead atoms. The predicted octanol–water partition coefficient (Wildman–Crippen LogP) is 2.09.